The minimum Gasteiger partial charge on any atom is -0.324 e. The molecule has 4 nitrogen and oxygen atoms in total. The van der Waals surface area contributed by atoms with Crippen molar-refractivity contribution in [3.63, 3.8) is 0 Å². The first-order valence-electron chi connectivity index (χ1n) is 5.11. The molecule has 0 saturated heterocycles. The van der Waals surface area contributed by atoms with E-state index < -0.39 is 0 Å². The fourth-order valence-corrected chi connectivity index (χ4v) is 1.49. The molecule has 0 bridgehead atoms. The Morgan fingerprint density at radius 1 is 1.56 bits per heavy atom. The smallest absolute Gasteiger partial charge is 0.207 e. The summed E-state index contributed by atoms with van der Waals surface area (Å²) in [4.78, 5) is 8.44. The van der Waals surface area contributed by atoms with Gasteiger partial charge in [-0.2, -0.15) is 0 Å². The molecule has 0 radical (unpaired) electrons. The maximum atomic E-state index is 4.40. The van der Waals surface area contributed by atoms with Crippen LogP contribution in [0, 0.1) is 6.92 Å². The number of nitrogens with zero attached hydrogens (tertiary/aromatic N) is 3. The van der Waals surface area contributed by atoms with E-state index >= 15 is 0 Å². The zero-order valence-electron chi connectivity index (χ0n) is 9.22. The molecule has 0 unspecified atom stereocenters. The quantitative estimate of drug-likeness (QED) is 0.795. The highest BCUT2D eigenvalue weighted by molar-refractivity contribution is 5.52. The topological polar surface area (TPSA) is 42.7 Å². The summed E-state index contributed by atoms with van der Waals surface area (Å²) >= 11 is 0. The minimum atomic E-state index is 0.740. The molecule has 16 heavy (non-hydrogen) atoms. The number of pyridine rings is 1. The predicted molar refractivity (Wildman–Crippen MR) is 64.7 cm³/mol. The van der Waals surface area contributed by atoms with E-state index in [1.165, 1.54) is 0 Å². The number of hydrogen-bond donors (Lipinski definition) is 1. The van der Waals surface area contributed by atoms with Crippen LogP contribution in [0.5, 0.6) is 0 Å². The molecule has 4 heteroatoms. The van der Waals surface area contributed by atoms with Gasteiger partial charge < -0.3 is 9.88 Å². The van der Waals surface area contributed by atoms with Crippen LogP contribution >= 0.6 is 0 Å². The van der Waals surface area contributed by atoms with Crippen LogP contribution in [-0.4, -0.2) is 14.5 Å². The molecule has 2 aromatic heterocycles. The zero-order chi connectivity index (χ0) is 11.4. The maximum Gasteiger partial charge on any atom is 0.207 e. The molecule has 0 spiro atoms. The van der Waals surface area contributed by atoms with Crippen LogP contribution in [0.3, 0.4) is 0 Å². The third-order valence-electron chi connectivity index (χ3n) is 2.14. The zero-order valence-corrected chi connectivity index (χ0v) is 9.22. The van der Waals surface area contributed by atoms with Crippen molar-refractivity contribution in [2.45, 2.75) is 13.5 Å². The van der Waals surface area contributed by atoms with Crippen molar-refractivity contribution < 1.29 is 0 Å². The molecule has 2 aromatic rings. The molecule has 0 aliphatic rings. The summed E-state index contributed by atoms with van der Waals surface area (Å²) in [6.45, 7) is 6.43. The molecule has 2 heterocycles. The molecule has 2 rings (SSSR count). The summed E-state index contributed by atoms with van der Waals surface area (Å²) in [7, 11) is 0. The third-order valence-corrected chi connectivity index (χ3v) is 2.14. The second-order valence-electron chi connectivity index (χ2n) is 3.51. The lowest BCUT2D eigenvalue weighted by molar-refractivity contribution is 0.832. The van der Waals surface area contributed by atoms with E-state index in [1.54, 1.807) is 12.4 Å². The van der Waals surface area contributed by atoms with Gasteiger partial charge in [-0.15, -0.1) is 6.58 Å². The molecule has 82 valence electrons. The van der Waals surface area contributed by atoms with Crippen molar-refractivity contribution in [1.82, 2.24) is 14.5 Å². The van der Waals surface area contributed by atoms with Gasteiger partial charge in [-0.25, -0.2) is 4.98 Å². The minimum absolute atomic E-state index is 0.740. The van der Waals surface area contributed by atoms with Crippen LogP contribution in [0.15, 0.2) is 43.4 Å². The average Bonchev–Trinajstić information content (AvgIpc) is 2.61. The van der Waals surface area contributed by atoms with Crippen molar-refractivity contribution >= 4 is 11.6 Å². The Hall–Kier alpha value is -2.10. The van der Waals surface area contributed by atoms with Crippen LogP contribution in [0.2, 0.25) is 0 Å². The van der Waals surface area contributed by atoms with Gasteiger partial charge in [0.1, 0.15) is 0 Å². The Balaban J connectivity index is 2.23. The van der Waals surface area contributed by atoms with Crippen molar-refractivity contribution in [2.75, 3.05) is 5.32 Å². The largest absolute Gasteiger partial charge is 0.324 e. The van der Waals surface area contributed by atoms with Gasteiger partial charge in [-0.3, -0.25) is 4.98 Å². The Kier molecular flexibility index (Phi) is 3.00. The van der Waals surface area contributed by atoms with Gasteiger partial charge in [-0.1, -0.05) is 6.08 Å². The molecule has 0 saturated carbocycles. The van der Waals surface area contributed by atoms with E-state index in [0.717, 1.165) is 23.9 Å². The number of aromatic nitrogens is 3. The number of nitrogens with one attached hydrogen (secondary N) is 1. The Bertz CT molecular complexity index is 473. The van der Waals surface area contributed by atoms with Gasteiger partial charge in [0.2, 0.25) is 5.95 Å². The molecule has 1 N–H and O–H groups in total. The second-order valence-corrected chi connectivity index (χ2v) is 3.51. The number of rotatable bonds is 4. The van der Waals surface area contributed by atoms with Crippen LogP contribution in [0.4, 0.5) is 11.6 Å². The monoisotopic (exact) mass is 214 g/mol. The van der Waals surface area contributed by atoms with E-state index in [0.29, 0.717) is 0 Å². The Labute approximate surface area is 94.7 Å². The highest BCUT2D eigenvalue weighted by Crippen LogP contribution is 2.14. The first-order valence-corrected chi connectivity index (χ1v) is 5.11. The molecular weight excluding hydrogens is 200 g/mol. The average molecular weight is 214 g/mol. The van der Waals surface area contributed by atoms with E-state index in [2.05, 4.69) is 21.9 Å². The van der Waals surface area contributed by atoms with Gasteiger partial charge >= 0.3 is 0 Å². The number of allylic oxidation sites excluding steroid dienone is 1. The maximum absolute atomic E-state index is 4.40. The molecule has 0 aromatic carbocycles. The summed E-state index contributed by atoms with van der Waals surface area (Å²) in [5.41, 5.74) is 1.91. The summed E-state index contributed by atoms with van der Waals surface area (Å²) < 4.78 is 2.01. The van der Waals surface area contributed by atoms with Gasteiger partial charge in [-0.05, 0) is 19.1 Å². The van der Waals surface area contributed by atoms with Gasteiger partial charge in [0.15, 0.2) is 0 Å². The molecule has 0 amide bonds. The predicted octanol–water partition coefficient (Wildman–Crippen LogP) is 2.52. The number of anilines is 2. The van der Waals surface area contributed by atoms with Gasteiger partial charge in [0, 0.05) is 18.9 Å². The van der Waals surface area contributed by atoms with E-state index in [9.17, 15) is 0 Å². The summed E-state index contributed by atoms with van der Waals surface area (Å²) in [5, 5.41) is 3.22. The first-order chi connectivity index (χ1) is 7.79. The molecule has 0 atom stereocenters. The lowest BCUT2D eigenvalue weighted by atomic mass is 10.4. The fraction of sp³-hybridized carbons (Fsp3) is 0.167. The van der Waals surface area contributed by atoms with Crippen LogP contribution in [0.1, 0.15) is 5.69 Å². The van der Waals surface area contributed by atoms with Crippen LogP contribution in [-0.2, 0) is 6.54 Å². The second kappa shape index (κ2) is 4.61. The van der Waals surface area contributed by atoms with E-state index in [4.69, 9.17) is 0 Å². The fourth-order valence-electron chi connectivity index (χ4n) is 1.49. The lowest BCUT2D eigenvalue weighted by Crippen LogP contribution is -2.01. The number of hydrogen-bond acceptors (Lipinski definition) is 3. The molecule has 0 fully saturated rings. The Morgan fingerprint density at radius 3 is 3.12 bits per heavy atom. The van der Waals surface area contributed by atoms with Gasteiger partial charge in [0.25, 0.3) is 0 Å². The van der Waals surface area contributed by atoms with Gasteiger partial charge in [0.05, 0.1) is 17.6 Å². The SMILES string of the molecule is C=CCn1cc(C)nc1Nc1cccnc1. The summed E-state index contributed by atoms with van der Waals surface area (Å²) in [6, 6.07) is 3.84. The first kappa shape index (κ1) is 10.4. The normalized spacial score (nSPS) is 10.1. The Morgan fingerprint density at radius 2 is 2.44 bits per heavy atom. The highest BCUT2D eigenvalue weighted by atomic mass is 15.2. The number of aryl methyl sites for hydroxylation is 1. The van der Waals surface area contributed by atoms with Crippen LogP contribution in [0.25, 0.3) is 0 Å². The summed E-state index contributed by atoms with van der Waals surface area (Å²) in [6.07, 6.45) is 7.34. The van der Waals surface area contributed by atoms with E-state index in [1.807, 2.05) is 35.9 Å². The van der Waals surface area contributed by atoms with Crippen molar-refractivity contribution in [1.29, 1.82) is 0 Å². The lowest BCUT2D eigenvalue weighted by Gasteiger charge is -2.06. The standard InChI is InChI=1S/C12H14N4/c1-3-7-16-9-10(2)14-12(16)15-11-5-4-6-13-8-11/h3-6,8-9H,1,7H2,2H3,(H,14,15). The van der Waals surface area contributed by atoms with Crippen molar-refractivity contribution in [3.05, 3.63) is 49.1 Å². The highest BCUT2D eigenvalue weighted by Gasteiger charge is 2.04. The van der Waals surface area contributed by atoms with Crippen molar-refractivity contribution in [2.24, 2.45) is 0 Å². The molecule has 0 aliphatic carbocycles. The molecule has 0 aliphatic heterocycles. The third kappa shape index (κ3) is 2.28. The van der Waals surface area contributed by atoms with Crippen molar-refractivity contribution in [3.8, 4) is 0 Å². The van der Waals surface area contributed by atoms with E-state index in [-0.39, 0.29) is 0 Å². The number of imidazole rings is 1. The summed E-state index contributed by atoms with van der Waals surface area (Å²) in [5.74, 6) is 0.811. The molecular formula is C12H14N4. The van der Waals surface area contributed by atoms with Crippen LogP contribution < -0.4 is 5.32 Å².